The number of hydrogen-bond acceptors (Lipinski definition) is 4. The molecule has 1 aliphatic heterocycles. The molecule has 0 bridgehead atoms. The molecule has 0 unspecified atom stereocenters. The van der Waals surface area contributed by atoms with Crippen molar-refractivity contribution in [2.24, 2.45) is 0 Å². The van der Waals surface area contributed by atoms with Crippen LogP contribution in [0.3, 0.4) is 0 Å². The number of benzene rings is 2. The molecule has 0 saturated carbocycles. The molecule has 0 radical (unpaired) electrons. The van der Waals surface area contributed by atoms with E-state index in [9.17, 15) is 8.42 Å². The third-order valence-corrected chi connectivity index (χ3v) is 7.05. The van der Waals surface area contributed by atoms with Crippen molar-refractivity contribution in [2.45, 2.75) is 25.3 Å². The molecule has 0 aliphatic carbocycles. The molecular formula is C20H26N2O3S. The Morgan fingerprint density at radius 3 is 2.08 bits per heavy atom. The van der Waals surface area contributed by atoms with Gasteiger partial charge in [-0.15, -0.1) is 0 Å². The maximum atomic E-state index is 13.2. The van der Waals surface area contributed by atoms with Gasteiger partial charge in [-0.2, -0.15) is 4.31 Å². The SMILES string of the molecule is COc1cc(C)c(S(=O)(=O)N2CCN(Cc3ccccc3)CC2)c(C)c1. The van der Waals surface area contributed by atoms with Crippen LogP contribution in [0.4, 0.5) is 0 Å². The lowest BCUT2D eigenvalue weighted by atomic mass is 10.1. The average Bonchev–Trinajstić information content (AvgIpc) is 2.62. The van der Waals surface area contributed by atoms with Gasteiger partial charge in [0.05, 0.1) is 12.0 Å². The Labute approximate surface area is 156 Å². The van der Waals surface area contributed by atoms with Crippen LogP contribution < -0.4 is 4.74 Å². The quantitative estimate of drug-likeness (QED) is 0.808. The zero-order valence-electron chi connectivity index (χ0n) is 15.6. The fourth-order valence-electron chi connectivity index (χ4n) is 3.53. The predicted octanol–water partition coefficient (Wildman–Crippen LogP) is 2.82. The lowest BCUT2D eigenvalue weighted by Gasteiger charge is -2.34. The minimum atomic E-state index is -3.49. The molecule has 0 N–H and O–H groups in total. The Balaban J connectivity index is 1.72. The van der Waals surface area contributed by atoms with E-state index in [0.29, 0.717) is 23.7 Å². The first kappa shape index (κ1) is 18.9. The van der Waals surface area contributed by atoms with Crippen LogP contribution in [0.15, 0.2) is 47.4 Å². The molecule has 0 atom stereocenters. The monoisotopic (exact) mass is 374 g/mol. The standard InChI is InChI=1S/C20H26N2O3S/c1-16-13-19(25-3)14-17(2)20(16)26(23,24)22-11-9-21(10-12-22)15-18-7-5-4-6-8-18/h4-8,13-14H,9-12,15H2,1-3H3. The fraction of sp³-hybridized carbons (Fsp3) is 0.400. The normalized spacial score (nSPS) is 16.6. The molecule has 140 valence electrons. The Morgan fingerprint density at radius 2 is 1.54 bits per heavy atom. The van der Waals surface area contributed by atoms with Crippen molar-refractivity contribution in [1.29, 1.82) is 0 Å². The second-order valence-corrected chi connectivity index (χ2v) is 8.63. The van der Waals surface area contributed by atoms with Gasteiger partial charge in [0.1, 0.15) is 5.75 Å². The molecule has 0 spiro atoms. The van der Waals surface area contributed by atoms with Gasteiger partial charge in [0.15, 0.2) is 0 Å². The van der Waals surface area contributed by atoms with Crippen molar-refractivity contribution >= 4 is 10.0 Å². The summed E-state index contributed by atoms with van der Waals surface area (Å²) in [5, 5.41) is 0. The lowest BCUT2D eigenvalue weighted by Crippen LogP contribution is -2.48. The third kappa shape index (κ3) is 3.92. The molecule has 1 saturated heterocycles. The van der Waals surface area contributed by atoms with Crippen molar-refractivity contribution in [2.75, 3.05) is 33.3 Å². The Hall–Kier alpha value is -1.89. The molecule has 5 nitrogen and oxygen atoms in total. The summed E-state index contributed by atoms with van der Waals surface area (Å²) in [5.74, 6) is 0.687. The number of aryl methyl sites for hydroxylation is 2. The molecule has 6 heteroatoms. The Bertz CT molecular complexity index is 835. The second-order valence-electron chi connectivity index (χ2n) is 6.76. The average molecular weight is 375 g/mol. The summed E-state index contributed by atoms with van der Waals surface area (Å²) in [6.07, 6.45) is 0. The van der Waals surface area contributed by atoms with Gasteiger partial charge in [-0.3, -0.25) is 4.90 Å². The van der Waals surface area contributed by atoms with E-state index in [4.69, 9.17) is 4.74 Å². The summed E-state index contributed by atoms with van der Waals surface area (Å²) in [5.41, 5.74) is 2.72. The smallest absolute Gasteiger partial charge is 0.243 e. The highest BCUT2D eigenvalue weighted by Gasteiger charge is 2.31. The van der Waals surface area contributed by atoms with Gasteiger partial charge in [-0.05, 0) is 42.7 Å². The number of sulfonamides is 1. The molecule has 1 aliphatic rings. The van der Waals surface area contributed by atoms with Crippen molar-refractivity contribution in [1.82, 2.24) is 9.21 Å². The van der Waals surface area contributed by atoms with Gasteiger partial charge >= 0.3 is 0 Å². The summed E-state index contributed by atoms with van der Waals surface area (Å²) in [4.78, 5) is 2.71. The first-order valence-corrected chi connectivity index (χ1v) is 10.3. The number of nitrogens with zero attached hydrogens (tertiary/aromatic N) is 2. The highest BCUT2D eigenvalue weighted by molar-refractivity contribution is 7.89. The Morgan fingerprint density at radius 1 is 0.962 bits per heavy atom. The molecular weight excluding hydrogens is 348 g/mol. The molecule has 0 amide bonds. The van der Waals surface area contributed by atoms with E-state index in [0.717, 1.165) is 30.8 Å². The van der Waals surface area contributed by atoms with E-state index in [-0.39, 0.29) is 0 Å². The van der Waals surface area contributed by atoms with Crippen molar-refractivity contribution in [3.05, 3.63) is 59.2 Å². The highest BCUT2D eigenvalue weighted by atomic mass is 32.2. The van der Waals surface area contributed by atoms with Crippen molar-refractivity contribution in [3.8, 4) is 5.75 Å². The van der Waals surface area contributed by atoms with Crippen LogP contribution in [-0.4, -0.2) is 50.9 Å². The summed E-state index contributed by atoms with van der Waals surface area (Å²) in [7, 11) is -1.90. The molecule has 3 rings (SSSR count). The van der Waals surface area contributed by atoms with Crippen LogP contribution in [-0.2, 0) is 16.6 Å². The van der Waals surface area contributed by atoms with E-state index >= 15 is 0 Å². The van der Waals surface area contributed by atoms with E-state index < -0.39 is 10.0 Å². The summed E-state index contributed by atoms with van der Waals surface area (Å²) in [6.45, 7) is 7.02. The van der Waals surface area contributed by atoms with Gasteiger partial charge in [-0.1, -0.05) is 30.3 Å². The van der Waals surface area contributed by atoms with Crippen LogP contribution in [0.5, 0.6) is 5.75 Å². The predicted molar refractivity (Wildman–Crippen MR) is 103 cm³/mol. The molecule has 1 fully saturated rings. The zero-order chi connectivity index (χ0) is 18.7. The minimum Gasteiger partial charge on any atom is -0.497 e. The van der Waals surface area contributed by atoms with E-state index in [1.807, 2.05) is 32.0 Å². The molecule has 2 aromatic carbocycles. The molecule has 26 heavy (non-hydrogen) atoms. The lowest BCUT2D eigenvalue weighted by molar-refractivity contribution is 0.181. The van der Waals surface area contributed by atoms with Gasteiger partial charge in [-0.25, -0.2) is 8.42 Å². The van der Waals surface area contributed by atoms with E-state index in [1.54, 1.807) is 23.5 Å². The largest absolute Gasteiger partial charge is 0.497 e. The van der Waals surface area contributed by atoms with Crippen molar-refractivity contribution < 1.29 is 13.2 Å². The summed E-state index contributed by atoms with van der Waals surface area (Å²) >= 11 is 0. The van der Waals surface area contributed by atoms with Crippen LogP contribution in [0.25, 0.3) is 0 Å². The van der Waals surface area contributed by atoms with Crippen LogP contribution in [0.1, 0.15) is 16.7 Å². The van der Waals surface area contributed by atoms with Gasteiger partial charge in [0.2, 0.25) is 10.0 Å². The summed E-state index contributed by atoms with van der Waals surface area (Å²) < 4.78 is 33.2. The molecule has 0 aromatic heterocycles. The highest BCUT2D eigenvalue weighted by Crippen LogP contribution is 2.28. The molecule has 2 aromatic rings. The fourth-order valence-corrected chi connectivity index (χ4v) is 5.37. The number of rotatable bonds is 5. The first-order valence-electron chi connectivity index (χ1n) is 8.83. The second kappa shape index (κ2) is 7.78. The zero-order valence-corrected chi connectivity index (χ0v) is 16.4. The van der Waals surface area contributed by atoms with Crippen molar-refractivity contribution in [3.63, 3.8) is 0 Å². The number of methoxy groups -OCH3 is 1. The first-order chi connectivity index (χ1) is 12.4. The number of hydrogen-bond donors (Lipinski definition) is 0. The summed E-state index contributed by atoms with van der Waals surface area (Å²) in [6, 6.07) is 13.8. The third-order valence-electron chi connectivity index (χ3n) is 4.85. The van der Waals surface area contributed by atoms with Gasteiger partial charge in [0, 0.05) is 32.7 Å². The van der Waals surface area contributed by atoms with E-state index in [2.05, 4.69) is 17.0 Å². The van der Waals surface area contributed by atoms with Crippen LogP contribution in [0, 0.1) is 13.8 Å². The van der Waals surface area contributed by atoms with E-state index in [1.165, 1.54) is 5.56 Å². The Kier molecular flexibility index (Phi) is 5.65. The van der Waals surface area contributed by atoms with Crippen LogP contribution in [0.2, 0.25) is 0 Å². The minimum absolute atomic E-state index is 0.412. The number of ether oxygens (including phenoxy) is 1. The number of piperazine rings is 1. The van der Waals surface area contributed by atoms with Crippen LogP contribution >= 0.6 is 0 Å². The maximum Gasteiger partial charge on any atom is 0.243 e. The maximum absolute atomic E-state index is 13.2. The topological polar surface area (TPSA) is 49.9 Å². The van der Waals surface area contributed by atoms with Gasteiger partial charge in [0.25, 0.3) is 0 Å². The van der Waals surface area contributed by atoms with Gasteiger partial charge < -0.3 is 4.74 Å². The molecule has 1 heterocycles.